The lowest BCUT2D eigenvalue weighted by atomic mass is 10.2. The van der Waals surface area contributed by atoms with Crippen LogP contribution in [-0.4, -0.2) is 43.1 Å². The van der Waals surface area contributed by atoms with E-state index in [1.807, 2.05) is 12.1 Å². The number of nitrogen functional groups attached to an aromatic ring is 1. The molecule has 0 radical (unpaired) electrons. The third-order valence-corrected chi connectivity index (χ3v) is 3.72. The van der Waals surface area contributed by atoms with Gasteiger partial charge in [0.25, 0.3) is 0 Å². The van der Waals surface area contributed by atoms with Crippen molar-refractivity contribution < 1.29 is 4.42 Å². The summed E-state index contributed by atoms with van der Waals surface area (Å²) in [6.07, 6.45) is 2.63. The molecule has 1 aliphatic rings. The molecular formula is C13H18N4O. The van der Waals surface area contributed by atoms with Gasteiger partial charge in [0.2, 0.25) is 0 Å². The van der Waals surface area contributed by atoms with Crippen LogP contribution in [0.2, 0.25) is 0 Å². The van der Waals surface area contributed by atoms with Gasteiger partial charge in [-0.1, -0.05) is 0 Å². The van der Waals surface area contributed by atoms with Crippen LogP contribution in [0.3, 0.4) is 0 Å². The van der Waals surface area contributed by atoms with Crippen LogP contribution in [0.5, 0.6) is 0 Å². The van der Waals surface area contributed by atoms with Crippen molar-refractivity contribution >= 4 is 22.5 Å². The molecule has 1 saturated heterocycles. The van der Waals surface area contributed by atoms with Crippen molar-refractivity contribution in [2.45, 2.75) is 12.5 Å². The molecule has 1 aliphatic heterocycles. The molecule has 0 amide bonds. The topological polar surface area (TPSA) is 58.5 Å². The van der Waals surface area contributed by atoms with Crippen LogP contribution in [0.4, 0.5) is 11.4 Å². The molecule has 0 spiro atoms. The van der Waals surface area contributed by atoms with Gasteiger partial charge >= 0.3 is 0 Å². The third-order valence-electron chi connectivity index (χ3n) is 3.72. The van der Waals surface area contributed by atoms with Gasteiger partial charge in [0, 0.05) is 19.1 Å². The third kappa shape index (κ3) is 1.71. The Bertz CT molecular complexity index is 563. The highest BCUT2D eigenvalue weighted by atomic mass is 16.3. The Morgan fingerprint density at radius 3 is 3.00 bits per heavy atom. The zero-order chi connectivity index (χ0) is 12.7. The number of aromatic nitrogens is 1. The highest BCUT2D eigenvalue weighted by molar-refractivity contribution is 5.94. The van der Waals surface area contributed by atoms with Gasteiger partial charge in [0.15, 0.2) is 12.0 Å². The Morgan fingerprint density at radius 2 is 2.28 bits per heavy atom. The summed E-state index contributed by atoms with van der Waals surface area (Å²) < 4.78 is 5.34. The van der Waals surface area contributed by atoms with Gasteiger partial charge in [0.1, 0.15) is 5.52 Å². The van der Waals surface area contributed by atoms with E-state index < -0.39 is 0 Å². The number of nitrogens with two attached hydrogens (primary N) is 1. The number of oxazole rings is 1. The Hall–Kier alpha value is -1.75. The van der Waals surface area contributed by atoms with Crippen molar-refractivity contribution in [1.29, 1.82) is 0 Å². The van der Waals surface area contributed by atoms with Crippen molar-refractivity contribution in [1.82, 2.24) is 9.88 Å². The minimum absolute atomic E-state index is 0.576. The fourth-order valence-corrected chi connectivity index (χ4v) is 2.63. The van der Waals surface area contributed by atoms with Crippen LogP contribution in [0.1, 0.15) is 6.42 Å². The Labute approximate surface area is 106 Å². The summed E-state index contributed by atoms with van der Waals surface area (Å²) in [4.78, 5) is 8.87. The molecule has 1 atom stereocenters. The maximum absolute atomic E-state index is 6.11. The van der Waals surface area contributed by atoms with Crippen LogP contribution >= 0.6 is 0 Å². The van der Waals surface area contributed by atoms with Crippen molar-refractivity contribution in [3.63, 3.8) is 0 Å². The second-order valence-corrected chi connectivity index (χ2v) is 5.05. The van der Waals surface area contributed by atoms with E-state index in [1.54, 1.807) is 0 Å². The van der Waals surface area contributed by atoms with Crippen LogP contribution in [0.15, 0.2) is 22.9 Å². The molecule has 2 heterocycles. The number of hydrogen-bond acceptors (Lipinski definition) is 5. The summed E-state index contributed by atoms with van der Waals surface area (Å²) in [6.45, 7) is 2.00. The van der Waals surface area contributed by atoms with Crippen molar-refractivity contribution in [2.24, 2.45) is 0 Å². The average molecular weight is 246 g/mol. The largest absolute Gasteiger partial charge is 0.443 e. The standard InChI is InChI=1S/C13H18N4O/c1-16(2)9-5-6-17(7-9)13-10(14)3-4-11-12(13)15-8-18-11/h3-4,8-9H,5-7,14H2,1-2H3. The minimum Gasteiger partial charge on any atom is -0.443 e. The molecule has 5 heteroatoms. The molecule has 1 unspecified atom stereocenters. The van der Waals surface area contributed by atoms with E-state index in [0.717, 1.165) is 42.0 Å². The van der Waals surface area contributed by atoms with Crippen LogP contribution in [0.25, 0.3) is 11.1 Å². The first-order valence-corrected chi connectivity index (χ1v) is 6.20. The van der Waals surface area contributed by atoms with Gasteiger partial charge in [-0.3, -0.25) is 0 Å². The highest BCUT2D eigenvalue weighted by Crippen LogP contribution is 2.34. The number of anilines is 2. The lowest BCUT2D eigenvalue weighted by Crippen LogP contribution is -2.31. The lowest BCUT2D eigenvalue weighted by molar-refractivity contribution is 0.315. The molecule has 5 nitrogen and oxygen atoms in total. The fraction of sp³-hybridized carbons (Fsp3) is 0.462. The van der Waals surface area contributed by atoms with Gasteiger partial charge in [-0.2, -0.15) is 0 Å². The van der Waals surface area contributed by atoms with E-state index in [-0.39, 0.29) is 0 Å². The Balaban J connectivity index is 1.99. The molecule has 1 aromatic heterocycles. The van der Waals surface area contributed by atoms with E-state index in [9.17, 15) is 0 Å². The monoisotopic (exact) mass is 246 g/mol. The molecule has 3 rings (SSSR count). The summed E-state index contributed by atoms with van der Waals surface area (Å²) in [5.74, 6) is 0. The van der Waals surface area contributed by atoms with E-state index in [0.29, 0.717) is 6.04 Å². The summed E-state index contributed by atoms with van der Waals surface area (Å²) >= 11 is 0. The molecule has 1 aromatic carbocycles. The molecule has 18 heavy (non-hydrogen) atoms. The summed E-state index contributed by atoms with van der Waals surface area (Å²) in [5, 5.41) is 0. The molecule has 2 N–H and O–H groups in total. The molecule has 0 bridgehead atoms. The Morgan fingerprint density at radius 1 is 1.44 bits per heavy atom. The van der Waals surface area contributed by atoms with Gasteiger partial charge in [-0.25, -0.2) is 4.98 Å². The molecule has 0 saturated carbocycles. The number of rotatable bonds is 2. The molecule has 0 aliphatic carbocycles. The van der Waals surface area contributed by atoms with Crippen molar-refractivity contribution in [3.05, 3.63) is 18.5 Å². The van der Waals surface area contributed by atoms with Crippen LogP contribution in [-0.2, 0) is 0 Å². The van der Waals surface area contributed by atoms with Gasteiger partial charge in [-0.15, -0.1) is 0 Å². The van der Waals surface area contributed by atoms with E-state index in [1.165, 1.54) is 6.39 Å². The smallest absolute Gasteiger partial charge is 0.182 e. The number of hydrogen-bond donors (Lipinski definition) is 1. The summed E-state index contributed by atoms with van der Waals surface area (Å²) in [5.41, 5.74) is 9.57. The predicted molar refractivity (Wildman–Crippen MR) is 72.7 cm³/mol. The fourth-order valence-electron chi connectivity index (χ4n) is 2.63. The number of likely N-dealkylation sites (N-methyl/N-ethyl adjacent to an activating group) is 1. The summed E-state index contributed by atoms with van der Waals surface area (Å²) in [6, 6.07) is 4.35. The predicted octanol–water partition coefficient (Wildman–Crippen LogP) is 1.55. The molecule has 1 fully saturated rings. The average Bonchev–Trinajstić information content (AvgIpc) is 2.95. The first-order valence-electron chi connectivity index (χ1n) is 6.20. The zero-order valence-electron chi connectivity index (χ0n) is 10.8. The SMILES string of the molecule is CN(C)C1CCN(c2c(N)ccc3ocnc23)C1. The number of nitrogens with zero attached hydrogens (tertiary/aromatic N) is 3. The van der Waals surface area contributed by atoms with Crippen LogP contribution in [0, 0.1) is 0 Å². The zero-order valence-corrected chi connectivity index (χ0v) is 10.8. The van der Waals surface area contributed by atoms with Gasteiger partial charge in [-0.05, 0) is 32.6 Å². The number of fused-ring (bicyclic) bond motifs is 1. The second kappa shape index (κ2) is 4.17. The van der Waals surface area contributed by atoms with E-state index in [4.69, 9.17) is 10.2 Å². The highest BCUT2D eigenvalue weighted by Gasteiger charge is 2.27. The quantitative estimate of drug-likeness (QED) is 0.815. The van der Waals surface area contributed by atoms with Crippen LogP contribution < -0.4 is 10.6 Å². The first-order chi connectivity index (χ1) is 8.66. The molecule has 2 aromatic rings. The maximum Gasteiger partial charge on any atom is 0.182 e. The first kappa shape index (κ1) is 11.3. The maximum atomic E-state index is 6.11. The van der Waals surface area contributed by atoms with E-state index in [2.05, 4.69) is 28.9 Å². The lowest BCUT2D eigenvalue weighted by Gasteiger charge is -2.23. The number of benzene rings is 1. The molecular weight excluding hydrogens is 228 g/mol. The summed E-state index contributed by atoms with van der Waals surface area (Å²) in [7, 11) is 4.24. The van der Waals surface area contributed by atoms with Gasteiger partial charge in [0.05, 0.1) is 11.4 Å². The van der Waals surface area contributed by atoms with Crippen molar-refractivity contribution in [2.75, 3.05) is 37.8 Å². The normalized spacial score (nSPS) is 20.2. The minimum atomic E-state index is 0.576. The Kier molecular flexibility index (Phi) is 2.63. The van der Waals surface area contributed by atoms with Crippen molar-refractivity contribution in [3.8, 4) is 0 Å². The second-order valence-electron chi connectivity index (χ2n) is 5.05. The van der Waals surface area contributed by atoms with E-state index >= 15 is 0 Å². The molecule has 96 valence electrons. The van der Waals surface area contributed by atoms with Gasteiger partial charge < -0.3 is 20.0 Å².